The van der Waals surface area contributed by atoms with Crippen LogP contribution in [0.5, 0.6) is 11.5 Å². The molecule has 0 fully saturated rings. The minimum atomic E-state index is 0.374. The van der Waals surface area contributed by atoms with Crippen molar-refractivity contribution in [3.05, 3.63) is 58.7 Å². The largest absolute Gasteiger partial charge is 0.508 e. The van der Waals surface area contributed by atoms with Crippen LogP contribution in [0.1, 0.15) is 48.9 Å². The van der Waals surface area contributed by atoms with Gasteiger partial charge in [-0.15, -0.1) is 0 Å². The highest BCUT2D eigenvalue weighted by Gasteiger charge is 2.20. The Bertz CT molecular complexity index is 616. The van der Waals surface area contributed by atoms with E-state index in [-0.39, 0.29) is 0 Å². The van der Waals surface area contributed by atoms with E-state index in [1.165, 1.54) is 11.1 Å². The first kappa shape index (κ1) is 18.4. The zero-order valence-electron chi connectivity index (χ0n) is 15.3. The van der Waals surface area contributed by atoms with Crippen LogP contribution in [-0.4, -0.2) is 10.2 Å². The number of aromatic hydroxyl groups is 2. The normalized spacial score (nSPS) is 13.7. The number of aryl methyl sites for hydroxylation is 2. The van der Waals surface area contributed by atoms with Gasteiger partial charge in [0.25, 0.3) is 0 Å². The summed E-state index contributed by atoms with van der Waals surface area (Å²) >= 11 is 0. The van der Waals surface area contributed by atoms with Gasteiger partial charge in [0.1, 0.15) is 11.5 Å². The summed E-state index contributed by atoms with van der Waals surface area (Å²) in [4.78, 5) is 0. The van der Waals surface area contributed by atoms with Crippen LogP contribution in [0.25, 0.3) is 0 Å². The minimum absolute atomic E-state index is 0.374. The van der Waals surface area contributed by atoms with E-state index in [0.29, 0.717) is 23.3 Å². The summed E-state index contributed by atoms with van der Waals surface area (Å²) in [5.41, 5.74) is 4.50. The standard InChI is InChI=1S/C22H30O2/c1-5-19(13-17-7-9-21(23)15(3)11-17)20(6-2)14-18-8-10-22(24)16(4)12-18/h7-12,19-20,23-24H,5-6,13-14H2,1-4H3/t19-,20-/m0/s1. The molecule has 0 spiro atoms. The summed E-state index contributed by atoms with van der Waals surface area (Å²) in [6, 6.07) is 11.9. The van der Waals surface area contributed by atoms with Crippen molar-refractivity contribution < 1.29 is 10.2 Å². The van der Waals surface area contributed by atoms with E-state index in [0.717, 1.165) is 36.8 Å². The second-order valence-corrected chi connectivity index (χ2v) is 6.99. The first-order valence-corrected chi connectivity index (χ1v) is 9.01. The first-order chi connectivity index (χ1) is 11.4. The molecule has 0 aliphatic rings. The lowest BCUT2D eigenvalue weighted by atomic mass is 9.79. The van der Waals surface area contributed by atoms with Crippen molar-refractivity contribution in [2.75, 3.05) is 0 Å². The van der Waals surface area contributed by atoms with Crippen LogP contribution in [-0.2, 0) is 12.8 Å². The Morgan fingerprint density at radius 3 is 1.38 bits per heavy atom. The highest BCUT2D eigenvalue weighted by atomic mass is 16.3. The van der Waals surface area contributed by atoms with Gasteiger partial charge in [-0.25, -0.2) is 0 Å². The number of hydrogen-bond donors (Lipinski definition) is 2. The van der Waals surface area contributed by atoms with Crippen molar-refractivity contribution in [2.24, 2.45) is 11.8 Å². The third kappa shape index (κ3) is 4.53. The van der Waals surface area contributed by atoms with Crippen LogP contribution in [0.3, 0.4) is 0 Å². The van der Waals surface area contributed by atoms with Gasteiger partial charge in [-0.3, -0.25) is 0 Å². The van der Waals surface area contributed by atoms with E-state index in [1.54, 1.807) is 0 Å². The molecule has 0 radical (unpaired) electrons. The molecule has 2 N–H and O–H groups in total. The molecule has 0 aliphatic heterocycles. The zero-order chi connectivity index (χ0) is 17.7. The number of benzene rings is 2. The van der Waals surface area contributed by atoms with Crippen LogP contribution in [0.15, 0.2) is 36.4 Å². The second-order valence-electron chi connectivity index (χ2n) is 6.99. The second kappa shape index (κ2) is 8.23. The van der Waals surface area contributed by atoms with E-state index in [2.05, 4.69) is 26.0 Å². The van der Waals surface area contributed by atoms with E-state index in [9.17, 15) is 10.2 Å². The molecule has 2 aromatic rings. The summed E-state index contributed by atoms with van der Waals surface area (Å²) in [6.45, 7) is 8.44. The van der Waals surface area contributed by atoms with Gasteiger partial charge in [0.05, 0.1) is 0 Å². The Kier molecular flexibility index (Phi) is 6.30. The van der Waals surface area contributed by atoms with Crippen LogP contribution in [0.2, 0.25) is 0 Å². The number of rotatable bonds is 7. The summed E-state index contributed by atoms with van der Waals surface area (Å²) in [6.07, 6.45) is 4.39. The Balaban J connectivity index is 2.13. The molecule has 0 heterocycles. The first-order valence-electron chi connectivity index (χ1n) is 9.01. The van der Waals surface area contributed by atoms with Gasteiger partial charge < -0.3 is 10.2 Å². The summed E-state index contributed by atoms with van der Waals surface area (Å²) in [5.74, 6) is 1.98. The molecule has 0 aliphatic carbocycles. The fourth-order valence-corrected chi connectivity index (χ4v) is 3.58. The Morgan fingerprint density at radius 2 is 1.08 bits per heavy atom. The third-order valence-corrected chi connectivity index (χ3v) is 5.23. The summed E-state index contributed by atoms with van der Waals surface area (Å²) in [5, 5.41) is 19.4. The Morgan fingerprint density at radius 1 is 0.708 bits per heavy atom. The fraction of sp³-hybridized carbons (Fsp3) is 0.455. The molecule has 0 aromatic heterocycles. The zero-order valence-corrected chi connectivity index (χ0v) is 15.3. The summed E-state index contributed by atoms with van der Waals surface area (Å²) in [7, 11) is 0. The molecule has 0 saturated carbocycles. The maximum atomic E-state index is 9.71. The van der Waals surface area contributed by atoms with Crippen LogP contribution < -0.4 is 0 Å². The van der Waals surface area contributed by atoms with E-state index >= 15 is 0 Å². The fourth-order valence-electron chi connectivity index (χ4n) is 3.58. The maximum Gasteiger partial charge on any atom is 0.118 e. The molecule has 130 valence electrons. The number of hydrogen-bond acceptors (Lipinski definition) is 2. The highest BCUT2D eigenvalue weighted by molar-refractivity contribution is 5.36. The molecule has 0 bridgehead atoms. The molecule has 2 rings (SSSR count). The number of phenolic OH excluding ortho intramolecular Hbond substituents is 2. The lowest BCUT2D eigenvalue weighted by Crippen LogP contribution is -2.18. The predicted octanol–water partition coefficient (Wildman–Crippen LogP) is 5.55. The maximum absolute atomic E-state index is 9.71. The third-order valence-electron chi connectivity index (χ3n) is 5.23. The number of phenols is 2. The predicted molar refractivity (Wildman–Crippen MR) is 101 cm³/mol. The van der Waals surface area contributed by atoms with Crippen molar-refractivity contribution >= 4 is 0 Å². The van der Waals surface area contributed by atoms with Gasteiger partial charge in [-0.1, -0.05) is 51.0 Å². The molecule has 0 unspecified atom stereocenters. The van der Waals surface area contributed by atoms with Crippen molar-refractivity contribution in [3.8, 4) is 11.5 Å². The molecule has 2 atom stereocenters. The monoisotopic (exact) mass is 326 g/mol. The minimum Gasteiger partial charge on any atom is -0.508 e. The van der Waals surface area contributed by atoms with Gasteiger partial charge in [-0.2, -0.15) is 0 Å². The molecule has 2 nitrogen and oxygen atoms in total. The van der Waals surface area contributed by atoms with Crippen LogP contribution >= 0.6 is 0 Å². The lowest BCUT2D eigenvalue weighted by molar-refractivity contribution is 0.308. The van der Waals surface area contributed by atoms with E-state index in [4.69, 9.17) is 0 Å². The topological polar surface area (TPSA) is 40.5 Å². The SMILES string of the molecule is CC[C@@H](Cc1ccc(O)c(C)c1)[C@@H](CC)Cc1ccc(O)c(C)c1. The van der Waals surface area contributed by atoms with Gasteiger partial charge in [0.2, 0.25) is 0 Å². The molecule has 0 saturated heterocycles. The van der Waals surface area contributed by atoms with Crippen molar-refractivity contribution in [3.63, 3.8) is 0 Å². The average Bonchev–Trinajstić information content (AvgIpc) is 2.57. The quantitative estimate of drug-likeness (QED) is 0.700. The Hall–Kier alpha value is -1.96. The smallest absolute Gasteiger partial charge is 0.118 e. The molecule has 2 aromatic carbocycles. The van der Waals surface area contributed by atoms with Crippen molar-refractivity contribution in [2.45, 2.75) is 53.4 Å². The van der Waals surface area contributed by atoms with Crippen LogP contribution in [0.4, 0.5) is 0 Å². The Labute approximate surface area is 146 Å². The van der Waals surface area contributed by atoms with Crippen molar-refractivity contribution in [1.82, 2.24) is 0 Å². The van der Waals surface area contributed by atoms with Gasteiger partial charge >= 0.3 is 0 Å². The summed E-state index contributed by atoms with van der Waals surface area (Å²) < 4.78 is 0. The molecule has 24 heavy (non-hydrogen) atoms. The molecule has 0 amide bonds. The lowest BCUT2D eigenvalue weighted by Gasteiger charge is -2.26. The molecular formula is C22H30O2. The van der Waals surface area contributed by atoms with Gasteiger partial charge in [0, 0.05) is 0 Å². The van der Waals surface area contributed by atoms with E-state index in [1.807, 2.05) is 38.1 Å². The molecular weight excluding hydrogens is 296 g/mol. The van der Waals surface area contributed by atoms with Crippen LogP contribution in [0, 0.1) is 25.7 Å². The highest BCUT2D eigenvalue weighted by Crippen LogP contribution is 2.29. The van der Waals surface area contributed by atoms with E-state index < -0.39 is 0 Å². The van der Waals surface area contributed by atoms with Crippen molar-refractivity contribution in [1.29, 1.82) is 0 Å². The van der Waals surface area contributed by atoms with Gasteiger partial charge in [0.15, 0.2) is 0 Å². The average molecular weight is 326 g/mol. The molecule has 2 heteroatoms. The van der Waals surface area contributed by atoms with Gasteiger partial charge in [-0.05, 0) is 72.9 Å².